The normalized spacial score (nSPS) is 16.4. The number of nitrogens with zero attached hydrogens (tertiary/aromatic N) is 2. The molecule has 88 valence electrons. The molecule has 4 heteroatoms. The van der Waals surface area contributed by atoms with Crippen LogP contribution in [0.25, 0.3) is 10.8 Å². The van der Waals surface area contributed by atoms with Crippen molar-refractivity contribution < 1.29 is 4.84 Å². The summed E-state index contributed by atoms with van der Waals surface area (Å²) in [5.74, 6) is 0. The zero-order valence-electron chi connectivity index (χ0n) is 9.60. The van der Waals surface area contributed by atoms with Gasteiger partial charge < -0.3 is 5.73 Å². The van der Waals surface area contributed by atoms with Crippen molar-refractivity contribution in [2.45, 2.75) is 12.8 Å². The van der Waals surface area contributed by atoms with E-state index in [0.717, 1.165) is 48.1 Å². The summed E-state index contributed by atoms with van der Waals surface area (Å²) >= 11 is 0. The lowest BCUT2D eigenvalue weighted by Gasteiger charge is -2.29. The van der Waals surface area contributed by atoms with Gasteiger partial charge in [-0.3, -0.25) is 14.9 Å². The van der Waals surface area contributed by atoms with Crippen molar-refractivity contribution in [3.8, 4) is 0 Å². The molecule has 1 saturated heterocycles. The van der Waals surface area contributed by atoms with Crippen LogP contribution >= 0.6 is 0 Å². The summed E-state index contributed by atoms with van der Waals surface area (Å²) in [7, 11) is 0. The molecule has 17 heavy (non-hydrogen) atoms. The third-order valence-electron chi connectivity index (χ3n) is 3.10. The monoisotopic (exact) mass is 229 g/mol. The van der Waals surface area contributed by atoms with Crippen molar-refractivity contribution in [1.29, 1.82) is 0 Å². The maximum atomic E-state index is 5.96. The summed E-state index contributed by atoms with van der Waals surface area (Å²) in [5.41, 5.74) is 7.79. The van der Waals surface area contributed by atoms with Crippen molar-refractivity contribution in [2.24, 2.45) is 0 Å². The van der Waals surface area contributed by atoms with Crippen molar-refractivity contribution in [3.63, 3.8) is 0 Å². The number of pyridine rings is 1. The molecule has 1 aliphatic heterocycles. The number of rotatable bonds is 1. The number of hydroxylamine groups is 1. The van der Waals surface area contributed by atoms with Gasteiger partial charge in [0.15, 0.2) is 0 Å². The van der Waals surface area contributed by atoms with E-state index in [-0.39, 0.29) is 0 Å². The quantitative estimate of drug-likeness (QED) is 0.763. The Bertz CT molecular complexity index is 535. The van der Waals surface area contributed by atoms with Gasteiger partial charge in [-0.05, 0) is 31.0 Å². The van der Waals surface area contributed by atoms with E-state index >= 15 is 0 Å². The van der Waals surface area contributed by atoms with Crippen LogP contribution in [0.2, 0.25) is 0 Å². The summed E-state index contributed by atoms with van der Waals surface area (Å²) in [6.07, 6.45) is 5.88. The van der Waals surface area contributed by atoms with Crippen LogP contribution in [-0.2, 0) is 4.84 Å². The second kappa shape index (κ2) is 4.22. The molecule has 2 heterocycles. The average molecular weight is 229 g/mol. The lowest BCUT2D eigenvalue weighted by molar-refractivity contribution is 0.0784. The molecule has 0 aliphatic carbocycles. The molecule has 1 aromatic heterocycles. The molecule has 1 aliphatic rings. The third-order valence-corrected chi connectivity index (χ3v) is 3.10. The van der Waals surface area contributed by atoms with Crippen LogP contribution < -0.4 is 10.8 Å². The number of benzene rings is 1. The second-order valence-electron chi connectivity index (χ2n) is 4.24. The van der Waals surface area contributed by atoms with Gasteiger partial charge in [-0.2, -0.15) is 0 Å². The number of nitrogens with two attached hydrogens (primary N) is 1. The summed E-state index contributed by atoms with van der Waals surface area (Å²) in [6.45, 7) is 1.72. The number of fused-ring (bicyclic) bond motifs is 1. The Morgan fingerprint density at radius 1 is 1.18 bits per heavy atom. The summed E-state index contributed by atoms with van der Waals surface area (Å²) in [4.78, 5) is 9.80. The van der Waals surface area contributed by atoms with E-state index in [0.29, 0.717) is 0 Å². The summed E-state index contributed by atoms with van der Waals surface area (Å²) in [6, 6.07) is 5.92. The Morgan fingerprint density at radius 3 is 2.94 bits per heavy atom. The number of nitrogen functional groups attached to an aromatic ring is 1. The molecule has 0 amide bonds. The minimum atomic E-state index is 0.758. The van der Waals surface area contributed by atoms with Gasteiger partial charge in [-0.25, -0.2) is 0 Å². The predicted octanol–water partition coefficient (Wildman–Crippen LogP) is 2.35. The first-order valence-corrected chi connectivity index (χ1v) is 5.89. The molecule has 0 spiro atoms. The first-order chi connectivity index (χ1) is 8.36. The van der Waals surface area contributed by atoms with Crippen LogP contribution in [0, 0.1) is 0 Å². The maximum Gasteiger partial charge on any atom is 0.0749 e. The van der Waals surface area contributed by atoms with Gasteiger partial charge in [0.05, 0.1) is 12.3 Å². The van der Waals surface area contributed by atoms with Gasteiger partial charge in [0, 0.05) is 35.4 Å². The van der Waals surface area contributed by atoms with Gasteiger partial charge in [-0.1, -0.05) is 0 Å². The van der Waals surface area contributed by atoms with Crippen molar-refractivity contribution in [3.05, 3.63) is 30.6 Å². The fourth-order valence-corrected chi connectivity index (χ4v) is 2.20. The van der Waals surface area contributed by atoms with E-state index in [4.69, 9.17) is 10.6 Å². The standard InChI is InChI=1S/C13H15N3O/c14-12-3-4-13(16-7-1-2-8-17-16)10-5-6-15-9-11(10)12/h3-6,9H,1-2,7-8,14H2. The van der Waals surface area contributed by atoms with E-state index in [2.05, 4.69) is 4.98 Å². The Labute approximate surface area is 100.0 Å². The summed E-state index contributed by atoms with van der Waals surface area (Å²) in [5, 5.41) is 4.05. The second-order valence-corrected chi connectivity index (χ2v) is 4.24. The fourth-order valence-electron chi connectivity index (χ4n) is 2.20. The van der Waals surface area contributed by atoms with E-state index in [1.807, 2.05) is 23.3 Å². The molecule has 1 aromatic carbocycles. The number of hydrogen-bond acceptors (Lipinski definition) is 4. The highest BCUT2D eigenvalue weighted by Crippen LogP contribution is 2.31. The Kier molecular flexibility index (Phi) is 2.57. The first-order valence-electron chi connectivity index (χ1n) is 5.89. The molecular weight excluding hydrogens is 214 g/mol. The van der Waals surface area contributed by atoms with Crippen molar-refractivity contribution in [1.82, 2.24) is 4.98 Å². The lowest BCUT2D eigenvalue weighted by Crippen LogP contribution is -2.29. The molecule has 2 N–H and O–H groups in total. The third kappa shape index (κ3) is 1.80. The maximum absolute atomic E-state index is 5.96. The SMILES string of the molecule is Nc1ccc(N2CCCCO2)c2ccncc12. The van der Waals surface area contributed by atoms with E-state index < -0.39 is 0 Å². The van der Waals surface area contributed by atoms with E-state index in [1.165, 1.54) is 0 Å². The zero-order chi connectivity index (χ0) is 11.7. The Morgan fingerprint density at radius 2 is 2.12 bits per heavy atom. The van der Waals surface area contributed by atoms with E-state index in [9.17, 15) is 0 Å². The van der Waals surface area contributed by atoms with Crippen LogP contribution in [0.3, 0.4) is 0 Å². The highest BCUT2D eigenvalue weighted by molar-refractivity contribution is 6.00. The van der Waals surface area contributed by atoms with Gasteiger partial charge >= 0.3 is 0 Å². The van der Waals surface area contributed by atoms with Crippen LogP contribution in [0.4, 0.5) is 11.4 Å². The largest absolute Gasteiger partial charge is 0.398 e. The topological polar surface area (TPSA) is 51.4 Å². The first kappa shape index (κ1) is 10.4. The molecule has 0 atom stereocenters. The van der Waals surface area contributed by atoms with Crippen LogP contribution in [-0.4, -0.2) is 18.1 Å². The molecule has 2 aromatic rings. The Balaban J connectivity index is 2.12. The highest BCUT2D eigenvalue weighted by Gasteiger charge is 2.15. The number of aromatic nitrogens is 1. The molecule has 0 unspecified atom stereocenters. The molecular formula is C13H15N3O. The Hall–Kier alpha value is -1.81. The smallest absolute Gasteiger partial charge is 0.0749 e. The molecule has 0 bridgehead atoms. The van der Waals surface area contributed by atoms with Crippen LogP contribution in [0.1, 0.15) is 12.8 Å². The molecule has 1 fully saturated rings. The lowest BCUT2D eigenvalue weighted by atomic mass is 10.1. The highest BCUT2D eigenvalue weighted by atomic mass is 16.7. The van der Waals surface area contributed by atoms with Crippen LogP contribution in [0.15, 0.2) is 30.6 Å². The van der Waals surface area contributed by atoms with Gasteiger partial charge in [0.25, 0.3) is 0 Å². The summed E-state index contributed by atoms with van der Waals surface area (Å²) < 4.78 is 0. The number of hydrogen-bond donors (Lipinski definition) is 1. The van der Waals surface area contributed by atoms with Gasteiger partial charge in [-0.15, -0.1) is 0 Å². The molecule has 3 rings (SSSR count). The minimum Gasteiger partial charge on any atom is -0.398 e. The van der Waals surface area contributed by atoms with E-state index in [1.54, 1.807) is 12.4 Å². The van der Waals surface area contributed by atoms with Crippen molar-refractivity contribution >= 4 is 22.1 Å². The van der Waals surface area contributed by atoms with Gasteiger partial charge in [0.2, 0.25) is 0 Å². The zero-order valence-corrected chi connectivity index (χ0v) is 9.60. The molecule has 0 saturated carbocycles. The van der Waals surface area contributed by atoms with Crippen LogP contribution in [0.5, 0.6) is 0 Å². The molecule has 0 radical (unpaired) electrons. The minimum absolute atomic E-state index is 0.758. The number of anilines is 2. The predicted molar refractivity (Wildman–Crippen MR) is 68.7 cm³/mol. The molecule has 4 nitrogen and oxygen atoms in total. The van der Waals surface area contributed by atoms with Crippen molar-refractivity contribution in [2.75, 3.05) is 23.9 Å². The fraction of sp³-hybridized carbons (Fsp3) is 0.308. The van der Waals surface area contributed by atoms with Gasteiger partial charge in [0.1, 0.15) is 0 Å². The average Bonchev–Trinajstić information content (AvgIpc) is 2.41.